The van der Waals surface area contributed by atoms with E-state index in [-0.39, 0.29) is 6.54 Å². The summed E-state index contributed by atoms with van der Waals surface area (Å²) in [6.07, 6.45) is 0. The van der Waals surface area contributed by atoms with Gasteiger partial charge in [-0.1, -0.05) is 21.1 Å². The second-order valence-corrected chi connectivity index (χ2v) is 4.09. The summed E-state index contributed by atoms with van der Waals surface area (Å²) in [5, 5.41) is 3.87. The van der Waals surface area contributed by atoms with E-state index in [2.05, 4.69) is 26.1 Å². The first-order chi connectivity index (χ1) is 7.20. The molecule has 0 aliphatic rings. The molecule has 4 nitrogen and oxygen atoms in total. The lowest BCUT2D eigenvalue weighted by molar-refractivity contribution is 0.380. The van der Waals surface area contributed by atoms with Crippen LogP contribution < -0.4 is 5.73 Å². The Hall–Kier alpha value is -1.20. The van der Waals surface area contributed by atoms with Crippen LogP contribution in [0.15, 0.2) is 27.2 Å². The van der Waals surface area contributed by atoms with E-state index in [0.29, 0.717) is 11.7 Å². The largest absolute Gasteiger partial charge is 0.338 e. The summed E-state index contributed by atoms with van der Waals surface area (Å²) in [5.41, 5.74) is 7.45. The zero-order valence-corrected chi connectivity index (χ0v) is 9.78. The second kappa shape index (κ2) is 4.12. The topological polar surface area (TPSA) is 64.9 Å². The van der Waals surface area contributed by atoms with Crippen LogP contribution in [-0.4, -0.2) is 10.1 Å². The first-order valence-electron chi connectivity index (χ1n) is 4.50. The lowest BCUT2D eigenvalue weighted by Crippen LogP contribution is -1.95. The van der Waals surface area contributed by atoms with Crippen molar-refractivity contribution in [1.82, 2.24) is 10.1 Å². The fraction of sp³-hybridized carbons (Fsp3) is 0.200. The molecule has 78 valence electrons. The number of aryl methyl sites for hydroxylation is 1. The van der Waals surface area contributed by atoms with Crippen LogP contribution in [0.3, 0.4) is 0 Å². The molecule has 0 saturated heterocycles. The van der Waals surface area contributed by atoms with Crippen molar-refractivity contribution in [2.45, 2.75) is 13.5 Å². The molecule has 2 aromatic rings. The van der Waals surface area contributed by atoms with Crippen molar-refractivity contribution in [2.24, 2.45) is 5.73 Å². The van der Waals surface area contributed by atoms with E-state index >= 15 is 0 Å². The van der Waals surface area contributed by atoms with Crippen LogP contribution in [0.1, 0.15) is 11.5 Å². The lowest BCUT2D eigenvalue weighted by atomic mass is 10.1. The summed E-state index contributed by atoms with van der Waals surface area (Å²) >= 11 is 3.40. The van der Waals surface area contributed by atoms with E-state index in [0.717, 1.165) is 15.6 Å². The zero-order chi connectivity index (χ0) is 10.8. The number of nitrogens with zero attached hydrogens (tertiary/aromatic N) is 2. The highest BCUT2D eigenvalue weighted by molar-refractivity contribution is 9.10. The van der Waals surface area contributed by atoms with Crippen LogP contribution in [0.2, 0.25) is 0 Å². The minimum atomic E-state index is 0.266. The minimum absolute atomic E-state index is 0.266. The Morgan fingerprint density at radius 1 is 1.47 bits per heavy atom. The highest BCUT2D eigenvalue weighted by Gasteiger charge is 2.09. The molecule has 15 heavy (non-hydrogen) atoms. The third-order valence-electron chi connectivity index (χ3n) is 2.07. The maximum atomic E-state index is 5.40. The molecule has 0 fully saturated rings. The quantitative estimate of drug-likeness (QED) is 0.907. The number of aromatic nitrogens is 2. The van der Waals surface area contributed by atoms with E-state index in [1.54, 1.807) is 0 Å². The highest BCUT2D eigenvalue weighted by atomic mass is 79.9. The van der Waals surface area contributed by atoms with Crippen molar-refractivity contribution < 1.29 is 4.52 Å². The van der Waals surface area contributed by atoms with Crippen molar-refractivity contribution in [2.75, 3.05) is 0 Å². The van der Waals surface area contributed by atoms with Gasteiger partial charge in [0.25, 0.3) is 0 Å². The summed E-state index contributed by atoms with van der Waals surface area (Å²) in [6, 6.07) is 5.90. The first-order valence-corrected chi connectivity index (χ1v) is 5.29. The molecular weight excluding hydrogens is 258 g/mol. The number of hydrogen-bond acceptors (Lipinski definition) is 4. The molecule has 5 heteroatoms. The van der Waals surface area contributed by atoms with Crippen molar-refractivity contribution in [1.29, 1.82) is 0 Å². The number of halogens is 1. The molecule has 0 spiro atoms. The molecule has 2 rings (SSSR count). The van der Waals surface area contributed by atoms with Gasteiger partial charge in [-0.25, -0.2) is 0 Å². The van der Waals surface area contributed by atoms with E-state index in [1.807, 2.05) is 25.1 Å². The van der Waals surface area contributed by atoms with Crippen LogP contribution in [0, 0.1) is 6.92 Å². The molecule has 1 aromatic heterocycles. The van der Waals surface area contributed by atoms with E-state index < -0.39 is 0 Å². The van der Waals surface area contributed by atoms with Gasteiger partial charge in [-0.15, -0.1) is 0 Å². The Morgan fingerprint density at radius 3 is 2.87 bits per heavy atom. The monoisotopic (exact) mass is 267 g/mol. The molecule has 1 heterocycles. The summed E-state index contributed by atoms with van der Waals surface area (Å²) < 4.78 is 5.99. The van der Waals surface area contributed by atoms with Crippen molar-refractivity contribution in [3.63, 3.8) is 0 Å². The van der Waals surface area contributed by atoms with Crippen LogP contribution in [0.5, 0.6) is 0 Å². The number of nitrogens with two attached hydrogens (primary N) is 1. The third-order valence-corrected chi connectivity index (χ3v) is 2.57. The summed E-state index contributed by atoms with van der Waals surface area (Å²) in [5.74, 6) is 1.03. The molecule has 0 aliphatic heterocycles. The number of hydrogen-bond donors (Lipinski definition) is 1. The summed E-state index contributed by atoms with van der Waals surface area (Å²) in [4.78, 5) is 4.17. The minimum Gasteiger partial charge on any atom is -0.338 e. The molecule has 1 aromatic carbocycles. The molecule has 2 N–H and O–H groups in total. The standard InChI is InChI=1S/C10H10BrN3O/c1-6-4-7(11)2-3-8(6)10-13-9(5-12)15-14-10/h2-4H,5,12H2,1H3. The fourth-order valence-corrected chi connectivity index (χ4v) is 1.80. The van der Waals surface area contributed by atoms with E-state index in [9.17, 15) is 0 Å². The molecule has 0 bridgehead atoms. The third kappa shape index (κ3) is 2.08. The molecule has 0 amide bonds. The fourth-order valence-electron chi connectivity index (χ4n) is 1.33. The van der Waals surface area contributed by atoms with E-state index in [4.69, 9.17) is 10.3 Å². The van der Waals surface area contributed by atoms with Gasteiger partial charge in [-0.3, -0.25) is 0 Å². The smallest absolute Gasteiger partial charge is 0.240 e. The van der Waals surface area contributed by atoms with Gasteiger partial charge in [0.1, 0.15) is 0 Å². The lowest BCUT2D eigenvalue weighted by Gasteiger charge is -2.00. The first kappa shape index (κ1) is 10.3. The predicted octanol–water partition coefficient (Wildman–Crippen LogP) is 2.27. The van der Waals surface area contributed by atoms with Crippen LogP contribution in [-0.2, 0) is 6.54 Å². The second-order valence-electron chi connectivity index (χ2n) is 3.18. The van der Waals surface area contributed by atoms with Gasteiger partial charge >= 0.3 is 0 Å². The van der Waals surface area contributed by atoms with Gasteiger partial charge in [0.2, 0.25) is 11.7 Å². The Bertz CT molecular complexity index is 481. The Kier molecular flexibility index (Phi) is 2.83. The Balaban J connectivity index is 2.44. The average molecular weight is 268 g/mol. The zero-order valence-electron chi connectivity index (χ0n) is 8.20. The summed E-state index contributed by atoms with van der Waals surface area (Å²) in [6.45, 7) is 2.27. The normalized spacial score (nSPS) is 10.6. The van der Waals surface area contributed by atoms with E-state index in [1.165, 1.54) is 0 Å². The molecule has 0 saturated carbocycles. The van der Waals surface area contributed by atoms with Gasteiger partial charge in [0.05, 0.1) is 6.54 Å². The number of benzene rings is 1. The van der Waals surface area contributed by atoms with Gasteiger partial charge in [0.15, 0.2) is 0 Å². The maximum absolute atomic E-state index is 5.40. The summed E-state index contributed by atoms with van der Waals surface area (Å²) in [7, 11) is 0. The number of rotatable bonds is 2. The highest BCUT2D eigenvalue weighted by Crippen LogP contribution is 2.23. The van der Waals surface area contributed by atoms with Gasteiger partial charge in [-0.2, -0.15) is 4.98 Å². The molecule has 0 atom stereocenters. The predicted molar refractivity (Wildman–Crippen MR) is 60.1 cm³/mol. The van der Waals surface area contributed by atoms with Gasteiger partial charge in [0, 0.05) is 10.0 Å². The molecule has 0 aliphatic carbocycles. The van der Waals surface area contributed by atoms with Crippen LogP contribution >= 0.6 is 15.9 Å². The average Bonchev–Trinajstić information content (AvgIpc) is 2.66. The molecule has 0 unspecified atom stereocenters. The van der Waals surface area contributed by atoms with Crippen molar-refractivity contribution >= 4 is 15.9 Å². The van der Waals surface area contributed by atoms with Crippen LogP contribution in [0.25, 0.3) is 11.4 Å². The molecular formula is C10H10BrN3O. The van der Waals surface area contributed by atoms with Crippen molar-refractivity contribution in [3.05, 3.63) is 34.1 Å². The van der Waals surface area contributed by atoms with Crippen LogP contribution in [0.4, 0.5) is 0 Å². The maximum Gasteiger partial charge on any atom is 0.240 e. The van der Waals surface area contributed by atoms with Gasteiger partial charge in [-0.05, 0) is 30.7 Å². The van der Waals surface area contributed by atoms with Gasteiger partial charge < -0.3 is 10.3 Å². The van der Waals surface area contributed by atoms with Crippen molar-refractivity contribution in [3.8, 4) is 11.4 Å². The Morgan fingerprint density at radius 2 is 2.27 bits per heavy atom. The molecule has 0 radical (unpaired) electrons. The SMILES string of the molecule is Cc1cc(Br)ccc1-c1noc(CN)n1. The Labute approximate surface area is 95.6 Å².